The summed E-state index contributed by atoms with van der Waals surface area (Å²) >= 11 is 0. The van der Waals surface area contributed by atoms with Crippen molar-refractivity contribution in [3.8, 4) is 0 Å². The molecule has 2 rings (SSSR count). The summed E-state index contributed by atoms with van der Waals surface area (Å²) in [7, 11) is 0. The van der Waals surface area contributed by atoms with E-state index in [1.165, 1.54) is 13.0 Å². The average Bonchev–Trinajstić information content (AvgIpc) is 2.63. The molecule has 1 aliphatic heterocycles. The Morgan fingerprint density at radius 3 is 2.88 bits per heavy atom. The Bertz CT molecular complexity index is 419. The second-order valence-electron chi connectivity index (χ2n) is 4.08. The predicted molar refractivity (Wildman–Crippen MR) is 59.2 cm³/mol. The number of aliphatic hydroxyl groups excluding tert-OH is 1. The number of anilines is 1. The molecule has 4 heteroatoms. The van der Waals surface area contributed by atoms with Gasteiger partial charge in [0.1, 0.15) is 5.82 Å². The van der Waals surface area contributed by atoms with E-state index in [1.807, 2.05) is 4.90 Å². The van der Waals surface area contributed by atoms with Crippen molar-refractivity contribution in [1.29, 1.82) is 0 Å². The molecule has 0 aromatic heterocycles. The highest BCUT2D eigenvalue weighted by Gasteiger charge is 2.24. The third-order valence-electron chi connectivity index (χ3n) is 2.85. The fraction of sp³-hybridized carbons (Fsp3) is 0.417. The highest BCUT2D eigenvalue weighted by atomic mass is 19.1. The molecule has 0 spiro atoms. The molecule has 0 bridgehead atoms. The maximum Gasteiger partial charge on any atom is 0.164 e. The van der Waals surface area contributed by atoms with Gasteiger partial charge < -0.3 is 10.0 Å². The zero-order chi connectivity index (χ0) is 11.7. The predicted octanol–water partition coefficient (Wildman–Crippen LogP) is 1.60. The van der Waals surface area contributed by atoms with E-state index in [4.69, 9.17) is 0 Å². The van der Waals surface area contributed by atoms with Gasteiger partial charge >= 0.3 is 0 Å². The van der Waals surface area contributed by atoms with Crippen LogP contribution in [0.2, 0.25) is 0 Å². The van der Waals surface area contributed by atoms with Crippen molar-refractivity contribution in [2.45, 2.75) is 19.4 Å². The van der Waals surface area contributed by atoms with Crippen molar-refractivity contribution < 1.29 is 14.3 Å². The number of β-amino-alcohol motifs (C(OH)–C–C–N with tert-alkyl or cyclic N) is 1. The number of Topliss-reactive ketones (excluding diaryl/α,β-unsaturated/α-hetero) is 1. The quantitative estimate of drug-likeness (QED) is 0.774. The maximum atomic E-state index is 13.5. The molecular weight excluding hydrogens is 209 g/mol. The van der Waals surface area contributed by atoms with E-state index in [0.717, 1.165) is 0 Å². The molecule has 3 nitrogen and oxygen atoms in total. The summed E-state index contributed by atoms with van der Waals surface area (Å²) in [6, 6.07) is 4.59. The van der Waals surface area contributed by atoms with Crippen LogP contribution in [0.15, 0.2) is 18.2 Å². The minimum absolute atomic E-state index is 0.122. The molecule has 0 radical (unpaired) electrons. The summed E-state index contributed by atoms with van der Waals surface area (Å²) in [6.07, 6.45) is 0.275. The summed E-state index contributed by atoms with van der Waals surface area (Å²) < 4.78 is 13.5. The average molecular weight is 223 g/mol. The van der Waals surface area contributed by atoms with Crippen molar-refractivity contribution in [2.24, 2.45) is 0 Å². The summed E-state index contributed by atoms with van der Waals surface area (Å²) in [5, 5.41) is 9.44. The Kier molecular flexibility index (Phi) is 2.92. The first-order valence-corrected chi connectivity index (χ1v) is 5.32. The van der Waals surface area contributed by atoms with Gasteiger partial charge in [0.05, 0.1) is 17.4 Å². The molecule has 1 heterocycles. The van der Waals surface area contributed by atoms with Crippen molar-refractivity contribution in [2.75, 3.05) is 18.0 Å². The molecule has 1 saturated heterocycles. The van der Waals surface area contributed by atoms with Crippen molar-refractivity contribution in [1.82, 2.24) is 0 Å². The Balaban J connectivity index is 2.40. The van der Waals surface area contributed by atoms with Crippen LogP contribution in [0, 0.1) is 5.82 Å². The molecule has 86 valence electrons. The first kappa shape index (κ1) is 11.1. The first-order valence-electron chi connectivity index (χ1n) is 5.32. The number of hydrogen-bond donors (Lipinski definition) is 1. The molecule has 1 aromatic carbocycles. The lowest BCUT2D eigenvalue weighted by molar-refractivity contribution is 0.101. The van der Waals surface area contributed by atoms with E-state index in [1.54, 1.807) is 12.1 Å². The van der Waals surface area contributed by atoms with Gasteiger partial charge in [-0.3, -0.25) is 4.79 Å². The Labute approximate surface area is 93.5 Å². The SMILES string of the molecule is CC(=O)c1c(F)cccc1N1CC[C@@H](O)C1. The second-order valence-corrected chi connectivity index (χ2v) is 4.08. The molecule has 1 N–H and O–H groups in total. The molecule has 1 fully saturated rings. The van der Waals surface area contributed by atoms with Crippen molar-refractivity contribution in [3.63, 3.8) is 0 Å². The lowest BCUT2D eigenvalue weighted by Gasteiger charge is -2.20. The molecule has 0 amide bonds. The largest absolute Gasteiger partial charge is 0.391 e. The number of ketones is 1. The fourth-order valence-corrected chi connectivity index (χ4v) is 2.09. The Morgan fingerprint density at radius 2 is 2.31 bits per heavy atom. The molecule has 0 saturated carbocycles. The smallest absolute Gasteiger partial charge is 0.164 e. The standard InChI is InChI=1S/C12H14FNO2/c1-8(15)12-10(13)3-2-4-11(12)14-6-5-9(16)7-14/h2-4,9,16H,5-7H2,1H3/t9-/m1/s1. The van der Waals surface area contributed by atoms with E-state index in [9.17, 15) is 14.3 Å². The third-order valence-corrected chi connectivity index (χ3v) is 2.85. The summed E-state index contributed by atoms with van der Waals surface area (Å²) in [5.41, 5.74) is 0.709. The van der Waals surface area contributed by atoms with E-state index < -0.39 is 5.82 Å². The van der Waals surface area contributed by atoms with Gasteiger partial charge in [-0.05, 0) is 25.5 Å². The van der Waals surface area contributed by atoms with Crippen LogP contribution in [0.25, 0.3) is 0 Å². The fourth-order valence-electron chi connectivity index (χ4n) is 2.09. The van der Waals surface area contributed by atoms with E-state index in [2.05, 4.69) is 0 Å². The highest BCUT2D eigenvalue weighted by Crippen LogP contribution is 2.27. The minimum atomic E-state index is -0.494. The van der Waals surface area contributed by atoms with Gasteiger partial charge in [0, 0.05) is 13.1 Å². The number of aliphatic hydroxyl groups is 1. The van der Waals surface area contributed by atoms with Gasteiger partial charge in [-0.1, -0.05) is 6.07 Å². The van der Waals surface area contributed by atoms with Crippen LogP contribution < -0.4 is 4.90 Å². The monoisotopic (exact) mass is 223 g/mol. The van der Waals surface area contributed by atoms with Crippen LogP contribution in [0.4, 0.5) is 10.1 Å². The molecule has 0 unspecified atom stereocenters. The van der Waals surface area contributed by atoms with Gasteiger partial charge in [-0.2, -0.15) is 0 Å². The first-order chi connectivity index (χ1) is 7.59. The topological polar surface area (TPSA) is 40.5 Å². The molecule has 1 aliphatic rings. The summed E-state index contributed by atoms with van der Waals surface area (Å²) in [6.45, 7) is 2.48. The van der Waals surface area contributed by atoms with E-state index in [0.29, 0.717) is 25.2 Å². The molecule has 16 heavy (non-hydrogen) atoms. The molecule has 0 aliphatic carbocycles. The number of halogens is 1. The van der Waals surface area contributed by atoms with Crippen LogP contribution in [-0.4, -0.2) is 30.1 Å². The Morgan fingerprint density at radius 1 is 1.56 bits per heavy atom. The van der Waals surface area contributed by atoms with Crippen molar-refractivity contribution in [3.05, 3.63) is 29.6 Å². The van der Waals surface area contributed by atoms with Crippen LogP contribution in [0.1, 0.15) is 23.7 Å². The zero-order valence-electron chi connectivity index (χ0n) is 9.11. The molecule has 1 atom stereocenters. The van der Waals surface area contributed by atoms with E-state index in [-0.39, 0.29) is 17.5 Å². The highest BCUT2D eigenvalue weighted by molar-refractivity contribution is 6.00. The molecular formula is C12H14FNO2. The van der Waals surface area contributed by atoms with Crippen molar-refractivity contribution >= 4 is 11.5 Å². The lowest BCUT2D eigenvalue weighted by Crippen LogP contribution is -2.23. The minimum Gasteiger partial charge on any atom is -0.391 e. The van der Waals surface area contributed by atoms with Crippen LogP contribution in [0.5, 0.6) is 0 Å². The number of carbonyl (C=O) groups excluding carboxylic acids is 1. The van der Waals surface area contributed by atoms with Gasteiger partial charge in [-0.25, -0.2) is 4.39 Å². The van der Waals surface area contributed by atoms with Crippen LogP contribution in [-0.2, 0) is 0 Å². The number of hydrogen-bond acceptors (Lipinski definition) is 3. The normalized spacial score (nSPS) is 20.2. The summed E-state index contributed by atoms with van der Waals surface area (Å²) in [5.74, 6) is -0.777. The van der Waals surface area contributed by atoms with Crippen LogP contribution in [0.3, 0.4) is 0 Å². The second kappa shape index (κ2) is 4.22. The number of nitrogens with zero attached hydrogens (tertiary/aromatic N) is 1. The zero-order valence-corrected chi connectivity index (χ0v) is 9.11. The van der Waals surface area contributed by atoms with E-state index >= 15 is 0 Å². The number of benzene rings is 1. The lowest BCUT2D eigenvalue weighted by atomic mass is 10.1. The van der Waals surface area contributed by atoms with Gasteiger partial charge in [-0.15, -0.1) is 0 Å². The van der Waals surface area contributed by atoms with Crippen LogP contribution >= 0.6 is 0 Å². The number of rotatable bonds is 2. The number of carbonyl (C=O) groups is 1. The maximum absolute atomic E-state index is 13.5. The van der Waals surface area contributed by atoms with Gasteiger partial charge in [0.15, 0.2) is 5.78 Å². The van der Waals surface area contributed by atoms with Gasteiger partial charge in [0.25, 0.3) is 0 Å². The molecule has 1 aromatic rings. The third kappa shape index (κ3) is 1.93. The summed E-state index contributed by atoms with van der Waals surface area (Å²) in [4.78, 5) is 13.2. The van der Waals surface area contributed by atoms with Gasteiger partial charge in [0.2, 0.25) is 0 Å². The Hall–Kier alpha value is -1.42.